The molecule has 3 aromatic rings. The van der Waals surface area contributed by atoms with Crippen molar-refractivity contribution in [1.82, 2.24) is 15.1 Å². The predicted octanol–water partition coefficient (Wildman–Crippen LogP) is 2.64. The van der Waals surface area contributed by atoms with Crippen LogP contribution in [0.25, 0.3) is 11.3 Å². The molecule has 0 spiro atoms. The fourth-order valence-corrected chi connectivity index (χ4v) is 4.11. The molecule has 2 heterocycles. The molecular weight excluding hydrogens is 385 g/mol. The maximum atomic E-state index is 13.2. The van der Waals surface area contributed by atoms with Crippen LogP contribution in [0.3, 0.4) is 0 Å². The fraction of sp³-hybridized carbons (Fsp3) is 0.304. The van der Waals surface area contributed by atoms with Gasteiger partial charge in [-0.1, -0.05) is 24.3 Å². The molecule has 0 saturated carbocycles. The zero-order chi connectivity index (χ0) is 21.1. The number of hydrogen-bond donors (Lipinski definition) is 3. The van der Waals surface area contributed by atoms with Gasteiger partial charge in [-0.2, -0.15) is 5.10 Å². The van der Waals surface area contributed by atoms with Crippen LogP contribution in [0.5, 0.6) is 0 Å². The number of H-pyrrole nitrogens is 1. The van der Waals surface area contributed by atoms with Gasteiger partial charge in [0.05, 0.1) is 18.4 Å². The van der Waals surface area contributed by atoms with Gasteiger partial charge in [-0.15, -0.1) is 0 Å². The number of aliphatic hydroxyl groups excluding tert-OH is 2. The number of hydrogen-bond acceptors (Lipinski definition) is 4. The Labute approximate surface area is 174 Å². The van der Waals surface area contributed by atoms with E-state index >= 15 is 0 Å². The Hall–Kier alpha value is -3.03. The molecule has 30 heavy (non-hydrogen) atoms. The normalized spacial score (nSPS) is 21.6. The second kappa shape index (κ2) is 8.38. The molecule has 1 aliphatic heterocycles. The van der Waals surface area contributed by atoms with Crippen molar-refractivity contribution < 1.29 is 19.4 Å². The van der Waals surface area contributed by atoms with Gasteiger partial charge in [-0.3, -0.25) is 9.89 Å². The lowest BCUT2D eigenvalue weighted by molar-refractivity contribution is -0.0668. The van der Waals surface area contributed by atoms with Gasteiger partial charge in [-0.05, 0) is 54.3 Å². The van der Waals surface area contributed by atoms with E-state index in [0.29, 0.717) is 24.9 Å². The largest absolute Gasteiger partial charge is 0.396 e. The number of aromatic amines is 1. The Kier molecular flexibility index (Phi) is 5.65. The number of nitrogens with zero attached hydrogens (tertiary/aromatic N) is 2. The van der Waals surface area contributed by atoms with Gasteiger partial charge in [0.15, 0.2) is 0 Å². The molecule has 1 saturated heterocycles. The van der Waals surface area contributed by atoms with E-state index in [9.17, 15) is 19.4 Å². The average molecular weight is 409 g/mol. The number of nitrogens with one attached hydrogen (secondary N) is 1. The third-order valence-electron chi connectivity index (χ3n) is 5.90. The van der Waals surface area contributed by atoms with Gasteiger partial charge in [0.2, 0.25) is 0 Å². The third kappa shape index (κ3) is 3.99. The molecule has 1 aliphatic rings. The van der Waals surface area contributed by atoms with Crippen molar-refractivity contribution in [2.24, 2.45) is 5.41 Å². The van der Waals surface area contributed by atoms with Crippen molar-refractivity contribution in [3.8, 4) is 11.3 Å². The zero-order valence-electron chi connectivity index (χ0n) is 16.5. The number of halogens is 1. The highest BCUT2D eigenvalue weighted by Gasteiger charge is 2.43. The summed E-state index contributed by atoms with van der Waals surface area (Å²) in [7, 11) is 0. The van der Waals surface area contributed by atoms with E-state index in [2.05, 4.69) is 10.2 Å². The van der Waals surface area contributed by atoms with Crippen molar-refractivity contribution in [2.45, 2.75) is 18.9 Å². The number of carbonyl (C=O) groups is 1. The van der Waals surface area contributed by atoms with Crippen molar-refractivity contribution in [3.63, 3.8) is 0 Å². The van der Waals surface area contributed by atoms with Crippen LogP contribution in [-0.2, 0) is 6.42 Å². The minimum absolute atomic E-state index is 0.144. The lowest BCUT2D eigenvalue weighted by Gasteiger charge is -2.45. The first-order valence-electron chi connectivity index (χ1n) is 9.93. The van der Waals surface area contributed by atoms with Gasteiger partial charge in [0.1, 0.15) is 5.82 Å². The number of rotatable bonds is 5. The molecule has 1 fully saturated rings. The van der Waals surface area contributed by atoms with E-state index in [1.807, 2.05) is 18.2 Å². The van der Waals surface area contributed by atoms with Gasteiger partial charge in [0, 0.05) is 30.3 Å². The smallest absolute Gasteiger partial charge is 0.253 e. The van der Waals surface area contributed by atoms with Crippen LogP contribution in [0.1, 0.15) is 22.3 Å². The van der Waals surface area contributed by atoms with Gasteiger partial charge >= 0.3 is 0 Å². The standard InChI is InChI=1S/C23H24FN3O3/c24-19-7-1-16(2-8-19)13-23(15-28)14-27(12-10-21(23)29)22(30)18-5-3-17(4-6-18)20-9-11-25-26-20/h1-9,11,21,28-29H,10,12-15H2,(H,25,26)/t21-,23-/m0/s1. The fourth-order valence-electron chi connectivity index (χ4n) is 4.11. The van der Waals surface area contributed by atoms with Gasteiger partial charge < -0.3 is 15.1 Å². The number of carbonyl (C=O) groups excluding carboxylic acids is 1. The average Bonchev–Trinajstić information content (AvgIpc) is 3.31. The Morgan fingerprint density at radius 3 is 2.53 bits per heavy atom. The number of likely N-dealkylation sites (tertiary alicyclic amines) is 1. The first-order chi connectivity index (χ1) is 14.5. The molecule has 2 aromatic carbocycles. The molecule has 156 valence electrons. The summed E-state index contributed by atoms with van der Waals surface area (Å²) in [6.45, 7) is 0.366. The van der Waals surface area contributed by atoms with E-state index in [1.54, 1.807) is 35.4 Å². The summed E-state index contributed by atoms with van der Waals surface area (Å²) in [5, 5.41) is 27.6. The summed E-state index contributed by atoms with van der Waals surface area (Å²) in [5.41, 5.74) is 2.26. The first-order valence-corrected chi connectivity index (χ1v) is 9.93. The van der Waals surface area contributed by atoms with E-state index in [0.717, 1.165) is 16.8 Å². The topological polar surface area (TPSA) is 89.5 Å². The van der Waals surface area contributed by atoms with Crippen molar-refractivity contribution in [1.29, 1.82) is 0 Å². The Morgan fingerprint density at radius 2 is 1.90 bits per heavy atom. The minimum Gasteiger partial charge on any atom is -0.396 e. The number of aliphatic hydroxyl groups is 2. The third-order valence-corrected chi connectivity index (χ3v) is 5.90. The summed E-state index contributed by atoms with van der Waals surface area (Å²) >= 11 is 0. The molecule has 0 unspecified atom stereocenters. The van der Waals surface area contributed by atoms with Crippen LogP contribution in [0, 0.1) is 11.2 Å². The maximum Gasteiger partial charge on any atom is 0.253 e. The molecule has 0 aliphatic carbocycles. The monoisotopic (exact) mass is 409 g/mol. The molecule has 2 atom stereocenters. The SMILES string of the molecule is O=C(c1ccc(-c2ccn[nH]2)cc1)N1CC[C@H](O)[C@@](CO)(Cc2ccc(F)cc2)C1. The highest BCUT2D eigenvalue weighted by molar-refractivity contribution is 5.94. The summed E-state index contributed by atoms with van der Waals surface area (Å²) in [4.78, 5) is 14.8. The number of benzene rings is 2. The summed E-state index contributed by atoms with van der Waals surface area (Å²) < 4.78 is 13.2. The Morgan fingerprint density at radius 1 is 1.17 bits per heavy atom. The Balaban J connectivity index is 1.52. The maximum absolute atomic E-state index is 13.2. The van der Waals surface area contributed by atoms with E-state index < -0.39 is 11.5 Å². The summed E-state index contributed by atoms with van der Waals surface area (Å²) in [5.74, 6) is -0.480. The van der Waals surface area contributed by atoms with Crippen molar-refractivity contribution >= 4 is 5.91 Å². The lowest BCUT2D eigenvalue weighted by Crippen LogP contribution is -2.56. The molecule has 6 nitrogen and oxygen atoms in total. The van der Waals surface area contributed by atoms with Crippen LogP contribution in [0.15, 0.2) is 60.8 Å². The van der Waals surface area contributed by atoms with Crippen LogP contribution in [0.4, 0.5) is 4.39 Å². The van der Waals surface area contributed by atoms with Crippen molar-refractivity contribution in [2.75, 3.05) is 19.7 Å². The van der Waals surface area contributed by atoms with Crippen LogP contribution < -0.4 is 0 Å². The lowest BCUT2D eigenvalue weighted by atomic mass is 9.73. The Bertz CT molecular complexity index is 990. The number of piperidine rings is 1. The second-order valence-electron chi connectivity index (χ2n) is 7.90. The van der Waals surface area contributed by atoms with Crippen LogP contribution in [0.2, 0.25) is 0 Å². The van der Waals surface area contributed by atoms with Gasteiger partial charge in [0.25, 0.3) is 5.91 Å². The second-order valence-corrected chi connectivity index (χ2v) is 7.90. The van der Waals surface area contributed by atoms with Crippen molar-refractivity contribution in [3.05, 3.63) is 77.7 Å². The first kappa shape index (κ1) is 20.3. The molecule has 7 heteroatoms. The van der Waals surface area contributed by atoms with E-state index in [4.69, 9.17) is 0 Å². The molecule has 0 radical (unpaired) electrons. The predicted molar refractivity (Wildman–Crippen MR) is 110 cm³/mol. The zero-order valence-corrected chi connectivity index (χ0v) is 16.5. The van der Waals surface area contributed by atoms with Gasteiger partial charge in [-0.25, -0.2) is 4.39 Å². The molecule has 0 bridgehead atoms. The minimum atomic E-state index is -0.887. The van der Waals surface area contributed by atoms with E-state index in [1.165, 1.54) is 12.1 Å². The quantitative estimate of drug-likeness (QED) is 0.604. The number of aromatic nitrogens is 2. The molecule has 3 N–H and O–H groups in total. The van der Waals surface area contributed by atoms with Crippen LogP contribution in [-0.4, -0.2) is 57.0 Å². The number of amides is 1. The highest BCUT2D eigenvalue weighted by Crippen LogP contribution is 2.34. The highest BCUT2D eigenvalue weighted by atomic mass is 19.1. The molecule has 1 aromatic heterocycles. The molecular formula is C23H24FN3O3. The molecule has 4 rings (SSSR count). The van der Waals surface area contributed by atoms with Crippen LogP contribution >= 0.6 is 0 Å². The summed E-state index contributed by atoms with van der Waals surface area (Å²) in [6.07, 6.45) is 1.65. The van der Waals surface area contributed by atoms with E-state index in [-0.39, 0.29) is 24.9 Å². The molecule has 1 amide bonds. The summed E-state index contributed by atoms with van der Waals surface area (Å²) in [6, 6.07) is 15.1.